The number of anilines is 1. The molecule has 4 rings (SSSR count). The molecule has 1 N–H and O–H groups in total. The van der Waals surface area contributed by atoms with E-state index in [1.165, 1.54) is 0 Å². The van der Waals surface area contributed by atoms with Crippen LogP contribution in [-0.4, -0.2) is 53.4 Å². The van der Waals surface area contributed by atoms with Crippen molar-refractivity contribution < 1.29 is 14.5 Å². The van der Waals surface area contributed by atoms with Crippen LogP contribution >= 0.6 is 0 Å². The number of piperazine rings is 1. The Balaban J connectivity index is 1.42. The Kier molecular flexibility index (Phi) is 3.86. The molecule has 118 valence electrons. The van der Waals surface area contributed by atoms with Crippen molar-refractivity contribution in [3.8, 4) is 5.75 Å². The number of hydrogen-bond donors (Lipinski definition) is 1. The highest BCUT2D eigenvalue weighted by atomic mass is 16.7. The highest BCUT2D eigenvalue weighted by molar-refractivity contribution is 6.62. The molecule has 2 aliphatic heterocycles. The highest BCUT2D eigenvalue weighted by Gasteiger charge is 2.32. The second-order valence-corrected chi connectivity index (χ2v) is 5.55. The number of fused-ring (bicyclic) bond motifs is 1. The zero-order chi connectivity index (χ0) is 15.6. The molecule has 2 aromatic rings. The molecule has 0 atom stereocenters. The minimum atomic E-state index is -0.903. The number of hydroxylamine groups is 2. The minimum Gasteiger partial charge on any atom is -0.423 e. The average Bonchev–Trinajstić information content (AvgIpc) is 2.99. The van der Waals surface area contributed by atoms with E-state index in [2.05, 4.69) is 14.9 Å². The van der Waals surface area contributed by atoms with Crippen molar-refractivity contribution in [3.05, 3.63) is 42.2 Å². The first kappa shape index (κ1) is 14.4. The summed E-state index contributed by atoms with van der Waals surface area (Å²) in [5.74, 6) is 1.41. The quantitative estimate of drug-likeness (QED) is 0.788. The Bertz CT molecular complexity index is 680. The lowest BCUT2D eigenvalue weighted by atomic mass is 9.79. The van der Waals surface area contributed by atoms with Crippen LogP contribution in [0.25, 0.3) is 0 Å². The summed E-state index contributed by atoms with van der Waals surface area (Å²) in [6.07, 6.45) is 3.50. The molecule has 2 aliphatic rings. The molecule has 23 heavy (non-hydrogen) atoms. The van der Waals surface area contributed by atoms with Crippen molar-refractivity contribution in [2.45, 2.75) is 6.61 Å². The van der Waals surface area contributed by atoms with Gasteiger partial charge >= 0.3 is 7.12 Å². The second-order valence-electron chi connectivity index (χ2n) is 5.55. The van der Waals surface area contributed by atoms with E-state index in [0.29, 0.717) is 12.4 Å². The summed E-state index contributed by atoms with van der Waals surface area (Å²) in [7, 11) is -0.903. The van der Waals surface area contributed by atoms with Gasteiger partial charge in [0.1, 0.15) is 5.75 Å². The van der Waals surface area contributed by atoms with E-state index < -0.39 is 7.12 Å². The number of benzene rings is 1. The monoisotopic (exact) mass is 312 g/mol. The average molecular weight is 312 g/mol. The molecule has 0 unspecified atom stereocenters. The Hall–Kier alpha value is -2.16. The maximum atomic E-state index is 9.94. The molecule has 1 saturated heterocycles. The van der Waals surface area contributed by atoms with Gasteiger partial charge < -0.3 is 19.4 Å². The lowest BCUT2D eigenvalue weighted by Crippen LogP contribution is -2.49. The van der Waals surface area contributed by atoms with Crippen LogP contribution in [0.4, 0.5) is 5.95 Å². The van der Waals surface area contributed by atoms with Gasteiger partial charge in [-0.3, -0.25) is 0 Å². The van der Waals surface area contributed by atoms with Crippen molar-refractivity contribution in [2.24, 2.45) is 0 Å². The molecule has 0 saturated carbocycles. The van der Waals surface area contributed by atoms with Crippen molar-refractivity contribution in [2.75, 3.05) is 31.1 Å². The number of aromatic nitrogens is 2. The van der Waals surface area contributed by atoms with Gasteiger partial charge in [0.15, 0.2) is 0 Å². The van der Waals surface area contributed by atoms with Gasteiger partial charge in [-0.1, -0.05) is 12.1 Å². The second kappa shape index (κ2) is 6.15. The van der Waals surface area contributed by atoms with Crippen LogP contribution in [-0.2, 0) is 11.3 Å². The van der Waals surface area contributed by atoms with Crippen molar-refractivity contribution >= 4 is 18.5 Å². The van der Waals surface area contributed by atoms with Gasteiger partial charge in [-0.2, -0.15) is 0 Å². The molecule has 7 nitrogen and oxygen atoms in total. The van der Waals surface area contributed by atoms with Crippen molar-refractivity contribution in [3.63, 3.8) is 0 Å². The molecular formula is C15H17BN4O3. The van der Waals surface area contributed by atoms with Gasteiger partial charge in [0.05, 0.1) is 19.7 Å². The molecule has 0 aliphatic carbocycles. The van der Waals surface area contributed by atoms with Crippen LogP contribution in [0.5, 0.6) is 5.75 Å². The van der Waals surface area contributed by atoms with E-state index in [9.17, 15) is 5.02 Å². The fourth-order valence-corrected chi connectivity index (χ4v) is 2.90. The fraction of sp³-hybridized carbons (Fsp3) is 0.333. The van der Waals surface area contributed by atoms with Crippen LogP contribution in [0.15, 0.2) is 36.7 Å². The summed E-state index contributed by atoms with van der Waals surface area (Å²) >= 11 is 0. The Morgan fingerprint density at radius 3 is 2.65 bits per heavy atom. The van der Waals surface area contributed by atoms with E-state index in [1.807, 2.05) is 29.3 Å². The minimum absolute atomic E-state index is 0.423. The van der Waals surface area contributed by atoms with E-state index in [-0.39, 0.29) is 0 Å². The number of hydrogen-bond acceptors (Lipinski definition) is 7. The van der Waals surface area contributed by atoms with Crippen LogP contribution in [0.2, 0.25) is 0 Å². The summed E-state index contributed by atoms with van der Waals surface area (Å²) in [4.78, 5) is 16.7. The Morgan fingerprint density at radius 2 is 1.87 bits per heavy atom. The highest BCUT2D eigenvalue weighted by Crippen LogP contribution is 2.20. The summed E-state index contributed by atoms with van der Waals surface area (Å²) in [6, 6.07) is 7.54. The molecule has 0 spiro atoms. The first-order valence-electron chi connectivity index (χ1n) is 7.67. The normalized spacial score (nSPS) is 18.1. The van der Waals surface area contributed by atoms with E-state index in [4.69, 9.17) is 9.49 Å². The number of nitrogens with zero attached hydrogens (tertiary/aromatic N) is 4. The summed E-state index contributed by atoms with van der Waals surface area (Å²) in [5, 5.41) is 11.8. The predicted molar refractivity (Wildman–Crippen MR) is 85.3 cm³/mol. The SMILES string of the molecule is OB1OCc2cccc(ON3CCN(c4ncccn4)CC3)c21. The largest absolute Gasteiger partial charge is 0.495 e. The lowest BCUT2D eigenvalue weighted by molar-refractivity contribution is -0.0612. The predicted octanol–water partition coefficient (Wildman–Crippen LogP) is -0.190. The van der Waals surface area contributed by atoms with E-state index in [1.54, 1.807) is 12.4 Å². The van der Waals surface area contributed by atoms with Crippen LogP contribution in [0.1, 0.15) is 5.56 Å². The zero-order valence-corrected chi connectivity index (χ0v) is 12.6. The van der Waals surface area contributed by atoms with Crippen LogP contribution in [0.3, 0.4) is 0 Å². The fourth-order valence-electron chi connectivity index (χ4n) is 2.90. The molecule has 0 radical (unpaired) electrons. The van der Waals surface area contributed by atoms with E-state index >= 15 is 0 Å². The summed E-state index contributed by atoms with van der Waals surface area (Å²) < 4.78 is 5.26. The maximum absolute atomic E-state index is 9.94. The van der Waals surface area contributed by atoms with Gasteiger partial charge in [-0.25, -0.2) is 9.97 Å². The van der Waals surface area contributed by atoms with Gasteiger partial charge in [-0.05, 0) is 17.7 Å². The molecule has 1 fully saturated rings. The van der Waals surface area contributed by atoms with Gasteiger partial charge in [0.25, 0.3) is 0 Å². The van der Waals surface area contributed by atoms with E-state index in [0.717, 1.165) is 43.2 Å². The maximum Gasteiger partial charge on any atom is 0.495 e. The Labute approximate surface area is 134 Å². The molecule has 3 heterocycles. The first-order valence-corrected chi connectivity index (χ1v) is 7.67. The molecular weight excluding hydrogens is 295 g/mol. The van der Waals surface area contributed by atoms with Gasteiger partial charge in [0.2, 0.25) is 5.95 Å². The summed E-state index contributed by atoms with van der Waals surface area (Å²) in [6.45, 7) is 3.47. The standard InChI is InChI=1S/C15H17BN4O3/c21-16-14-12(11-22-16)3-1-4-13(14)23-20-9-7-19(8-10-20)15-17-5-2-6-18-15/h1-6,21H,7-11H2. The first-order chi connectivity index (χ1) is 11.3. The molecule has 1 aromatic carbocycles. The number of rotatable bonds is 3. The molecule has 0 amide bonds. The van der Waals surface area contributed by atoms with Crippen molar-refractivity contribution in [1.29, 1.82) is 0 Å². The van der Waals surface area contributed by atoms with Crippen LogP contribution < -0.4 is 15.2 Å². The third-order valence-corrected chi connectivity index (χ3v) is 4.10. The lowest BCUT2D eigenvalue weighted by Gasteiger charge is -2.34. The summed E-state index contributed by atoms with van der Waals surface area (Å²) in [5.41, 5.74) is 1.72. The topological polar surface area (TPSA) is 71.0 Å². The van der Waals surface area contributed by atoms with Crippen molar-refractivity contribution in [1.82, 2.24) is 15.0 Å². The van der Waals surface area contributed by atoms with Gasteiger partial charge in [0, 0.05) is 30.9 Å². The third-order valence-electron chi connectivity index (χ3n) is 4.10. The molecule has 0 bridgehead atoms. The Morgan fingerprint density at radius 1 is 1.09 bits per heavy atom. The smallest absolute Gasteiger partial charge is 0.423 e. The molecule has 8 heteroatoms. The molecule has 1 aromatic heterocycles. The van der Waals surface area contributed by atoms with Gasteiger partial charge in [-0.15, -0.1) is 5.06 Å². The zero-order valence-electron chi connectivity index (χ0n) is 12.6. The third kappa shape index (κ3) is 2.88. The van der Waals surface area contributed by atoms with Crippen LogP contribution in [0, 0.1) is 0 Å².